The topological polar surface area (TPSA) is 81.9 Å². The van der Waals surface area contributed by atoms with Gasteiger partial charge < -0.3 is 19.7 Å². The monoisotopic (exact) mass is 546 g/mol. The fourth-order valence-electron chi connectivity index (χ4n) is 4.16. The first-order valence-electron chi connectivity index (χ1n) is 11.6. The van der Waals surface area contributed by atoms with Crippen LogP contribution in [-0.4, -0.2) is 100 Å². The van der Waals surface area contributed by atoms with Gasteiger partial charge in [-0.25, -0.2) is 0 Å². The third-order valence-electron chi connectivity index (χ3n) is 5.94. The molecule has 176 valence electrons. The highest BCUT2D eigenvalue weighted by molar-refractivity contribution is 14.0. The first-order valence-corrected chi connectivity index (χ1v) is 11.6. The molecule has 0 spiro atoms. The van der Waals surface area contributed by atoms with Crippen LogP contribution in [0.2, 0.25) is 0 Å². The molecule has 0 bridgehead atoms. The largest absolute Gasteiger partial charge is 0.357 e. The molecule has 2 aliphatic rings. The van der Waals surface area contributed by atoms with Crippen LogP contribution in [0, 0.1) is 0 Å². The van der Waals surface area contributed by atoms with Gasteiger partial charge in [0.25, 0.3) is 0 Å². The van der Waals surface area contributed by atoms with E-state index < -0.39 is 0 Å². The Morgan fingerprint density at radius 2 is 1.74 bits per heavy atom. The number of piperazine rings is 1. The maximum Gasteiger partial charge on any atom is 0.236 e. The average Bonchev–Trinajstić information content (AvgIpc) is 3.04. The van der Waals surface area contributed by atoms with Gasteiger partial charge in [0.1, 0.15) is 12.2 Å². The number of amides is 1. The number of rotatable bonds is 7. The Hall–Kier alpha value is -1.43. The molecule has 2 saturated heterocycles. The fraction of sp³-hybridized carbons (Fsp3) is 0.810. The van der Waals surface area contributed by atoms with E-state index in [0.29, 0.717) is 19.0 Å². The van der Waals surface area contributed by atoms with Gasteiger partial charge in [-0.05, 0) is 19.8 Å². The lowest BCUT2D eigenvalue weighted by Gasteiger charge is -2.37. The zero-order valence-corrected chi connectivity index (χ0v) is 21.5. The second-order valence-corrected chi connectivity index (χ2v) is 8.09. The van der Waals surface area contributed by atoms with Crippen LogP contribution in [-0.2, 0) is 17.8 Å². The molecule has 3 rings (SSSR count). The van der Waals surface area contributed by atoms with E-state index in [0.717, 1.165) is 83.4 Å². The van der Waals surface area contributed by atoms with E-state index >= 15 is 0 Å². The van der Waals surface area contributed by atoms with E-state index in [9.17, 15) is 4.79 Å². The van der Waals surface area contributed by atoms with Crippen LogP contribution in [0.1, 0.15) is 45.4 Å². The van der Waals surface area contributed by atoms with Crippen molar-refractivity contribution < 1.29 is 4.79 Å². The summed E-state index contributed by atoms with van der Waals surface area (Å²) in [7, 11) is 0. The molecule has 31 heavy (non-hydrogen) atoms. The molecule has 0 atom stereocenters. The van der Waals surface area contributed by atoms with Crippen LogP contribution < -0.4 is 5.32 Å². The predicted molar refractivity (Wildman–Crippen MR) is 134 cm³/mol. The second kappa shape index (κ2) is 13.9. The molecule has 3 heterocycles. The van der Waals surface area contributed by atoms with Gasteiger partial charge in [-0.2, -0.15) is 0 Å². The van der Waals surface area contributed by atoms with Crippen molar-refractivity contribution in [2.75, 3.05) is 58.9 Å². The lowest BCUT2D eigenvalue weighted by Crippen LogP contribution is -2.54. The van der Waals surface area contributed by atoms with E-state index in [4.69, 9.17) is 4.99 Å². The lowest BCUT2D eigenvalue weighted by molar-refractivity contribution is -0.132. The highest BCUT2D eigenvalue weighted by Gasteiger charge is 2.23. The molecular formula is C21H39IN8O. The van der Waals surface area contributed by atoms with Crippen LogP contribution in [0.15, 0.2) is 11.3 Å². The number of nitrogens with zero attached hydrogens (tertiary/aromatic N) is 7. The van der Waals surface area contributed by atoms with Crippen molar-refractivity contribution >= 4 is 35.8 Å². The molecule has 2 aliphatic heterocycles. The van der Waals surface area contributed by atoms with Crippen LogP contribution in [0.25, 0.3) is 0 Å². The van der Waals surface area contributed by atoms with E-state index in [-0.39, 0.29) is 24.0 Å². The number of halogens is 1. The van der Waals surface area contributed by atoms with Crippen LogP contribution in [0.5, 0.6) is 0 Å². The molecular weight excluding hydrogens is 507 g/mol. The molecule has 0 radical (unpaired) electrons. The number of likely N-dealkylation sites (tertiary alicyclic amines) is 1. The minimum atomic E-state index is 0. The lowest BCUT2D eigenvalue weighted by atomic mass is 10.2. The summed E-state index contributed by atoms with van der Waals surface area (Å²) >= 11 is 0. The maximum absolute atomic E-state index is 12.7. The Balaban J connectivity index is 0.00000341. The van der Waals surface area contributed by atoms with Crippen molar-refractivity contribution in [2.45, 2.75) is 52.5 Å². The van der Waals surface area contributed by atoms with Crippen molar-refractivity contribution in [2.24, 2.45) is 4.99 Å². The van der Waals surface area contributed by atoms with Gasteiger partial charge >= 0.3 is 0 Å². The van der Waals surface area contributed by atoms with Crippen molar-refractivity contribution in [3.63, 3.8) is 0 Å². The van der Waals surface area contributed by atoms with Gasteiger partial charge in [-0.3, -0.25) is 14.7 Å². The van der Waals surface area contributed by atoms with Gasteiger partial charge in [-0.1, -0.05) is 19.8 Å². The van der Waals surface area contributed by atoms with E-state index in [1.54, 1.807) is 6.33 Å². The zero-order valence-electron chi connectivity index (χ0n) is 19.1. The van der Waals surface area contributed by atoms with Crippen LogP contribution in [0.4, 0.5) is 0 Å². The number of hydrogen-bond donors (Lipinski definition) is 1. The summed E-state index contributed by atoms with van der Waals surface area (Å²) in [6.07, 6.45) is 7.47. The molecule has 9 nitrogen and oxygen atoms in total. The standard InChI is InChI=1S/C21H38N8O.HI/c1-3-19-25-24-18-29(19)12-9-23-21(22-4-2)28-15-13-26(14-16-28)17-20(30)27-10-7-5-6-8-11-27;/h18H,3-17H2,1-2H3,(H,22,23);1H. The smallest absolute Gasteiger partial charge is 0.236 e. The fourth-order valence-corrected chi connectivity index (χ4v) is 4.16. The van der Waals surface area contributed by atoms with Gasteiger partial charge in [0.05, 0.1) is 13.1 Å². The van der Waals surface area contributed by atoms with Gasteiger partial charge in [0.2, 0.25) is 5.91 Å². The van der Waals surface area contributed by atoms with E-state index in [2.05, 4.69) is 48.6 Å². The average molecular weight is 547 g/mol. The maximum atomic E-state index is 12.7. The molecule has 2 fully saturated rings. The van der Waals surface area contributed by atoms with Gasteiger partial charge in [-0.15, -0.1) is 34.2 Å². The molecule has 0 aliphatic carbocycles. The summed E-state index contributed by atoms with van der Waals surface area (Å²) in [6, 6.07) is 0. The molecule has 10 heteroatoms. The number of carbonyl (C=O) groups is 1. The Labute approximate surface area is 203 Å². The van der Waals surface area contributed by atoms with Crippen molar-refractivity contribution in [3.05, 3.63) is 12.2 Å². The zero-order chi connectivity index (χ0) is 21.2. The minimum Gasteiger partial charge on any atom is -0.357 e. The number of hydrogen-bond acceptors (Lipinski definition) is 5. The van der Waals surface area contributed by atoms with Crippen molar-refractivity contribution in [1.29, 1.82) is 0 Å². The van der Waals surface area contributed by atoms with Crippen LogP contribution in [0.3, 0.4) is 0 Å². The Morgan fingerprint density at radius 1 is 1.03 bits per heavy atom. The summed E-state index contributed by atoms with van der Waals surface area (Å²) in [6.45, 7) is 12.5. The molecule has 0 saturated carbocycles. The number of aliphatic imine (C=N–C) groups is 1. The molecule has 0 unspecified atom stereocenters. The first kappa shape index (κ1) is 25.8. The molecule has 1 aromatic heterocycles. The highest BCUT2D eigenvalue weighted by atomic mass is 127. The van der Waals surface area contributed by atoms with Crippen molar-refractivity contribution in [3.8, 4) is 0 Å². The molecule has 0 aromatic carbocycles. The molecule has 1 N–H and O–H groups in total. The highest BCUT2D eigenvalue weighted by Crippen LogP contribution is 2.11. The van der Waals surface area contributed by atoms with E-state index in [1.165, 1.54) is 12.8 Å². The number of nitrogens with one attached hydrogen (secondary N) is 1. The van der Waals surface area contributed by atoms with Gasteiger partial charge in [0.15, 0.2) is 5.96 Å². The number of guanidine groups is 1. The number of carbonyl (C=O) groups excluding carboxylic acids is 1. The number of aromatic nitrogens is 3. The summed E-state index contributed by atoms with van der Waals surface area (Å²) in [4.78, 5) is 24.2. The predicted octanol–water partition coefficient (Wildman–Crippen LogP) is 1.44. The van der Waals surface area contributed by atoms with E-state index in [1.807, 2.05) is 0 Å². The SMILES string of the molecule is CCNC(=NCCn1cnnc1CC)N1CCN(CC(=O)N2CCCCCC2)CC1.I. The summed E-state index contributed by atoms with van der Waals surface area (Å²) in [5.41, 5.74) is 0. The molecule has 1 aromatic rings. The Morgan fingerprint density at radius 3 is 2.39 bits per heavy atom. The van der Waals surface area contributed by atoms with Gasteiger partial charge in [0, 0.05) is 58.8 Å². The molecule has 1 amide bonds. The summed E-state index contributed by atoms with van der Waals surface area (Å²) < 4.78 is 2.07. The minimum absolute atomic E-state index is 0. The quantitative estimate of drug-likeness (QED) is 0.317. The normalized spacial score (nSPS) is 18.5. The van der Waals surface area contributed by atoms with Crippen molar-refractivity contribution in [1.82, 2.24) is 34.8 Å². The van der Waals surface area contributed by atoms with Crippen LogP contribution >= 0.6 is 24.0 Å². The number of aryl methyl sites for hydroxylation is 1. The summed E-state index contributed by atoms with van der Waals surface area (Å²) in [5.74, 6) is 2.26. The third-order valence-corrected chi connectivity index (χ3v) is 5.94. The summed E-state index contributed by atoms with van der Waals surface area (Å²) in [5, 5.41) is 11.5. The second-order valence-electron chi connectivity index (χ2n) is 8.09. The Kier molecular flexibility index (Phi) is 11.6. The first-order chi connectivity index (χ1) is 14.7. The third kappa shape index (κ3) is 7.89. The Bertz CT molecular complexity index is 679.